The average molecular weight is 360 g/mol. The number of anilines is 1. The van der Waals surface area contributed by atoms with E-state index in [0.29, 0.717) is 0 Å². The van der Waals surface area contributed by atoms with Crippen molar-refractivity contribution in [2.24, 2.45) is 0 Å². The Bertz CT molecular complexity index is 627. The second-order valence-corrected chi connectivity index (χ2v) is 5.04. The van der Waals surface area contributed by atoms with Crippen molar-refractivity contribution in [1.29, 1.82) is 0 Å². The molecule has 0 spiro atoms. The highest BCUT2D eigenvalue weighted by Gasteiger charge is 2.12. The first-order valence-corrected chi connectivity index (χ1v) is 6.78. The zero-order valence-corrected chi connectivity index (χ0v) is 12.6. The highest BCUT2D eigenvalue weighted by atomic mass is 79.9. The third kappa shape index (κ3) is 4.25. The van der Waals surface area contributed by atoms with Gasteiger partial charge in [0, 0.05) is 6.20 Å². The summed E-state index contributed by atoms with van der Waals surface area (Å²) in [6.07, 6.45) is 1.66. The molecule has 8 heteroatoms. The van der Waals surface area contributed by atoms with Gasteiger partial charge in [0.15, 0.2) is 0 Å². The van der Waals surface area contributed by atoms with Crippen LogP contribution in [0.3, 0.4) is 0 Å². The Morgan fingerprint density at radius 2 is 2.19 bits per heavy atom. The van der Waals surface area contributed by atoms with Crippen LogP contribution >= 0.6 is 15.9 Å². The van der Waals surface area contributed by atoms with Crippen LogP contribution in [0, 0.1) is 6.92 Å². The van der Waals surface area contributed by atoms with Gasteiger partial charge in [0.2, 0.25) is 5.91 Å². The van der Waals surface area contributed by atoms with Crippen LogP contribution in [0.15, 0.2) is 34.9 Å². The Hall–Kier alpha value is -1.96. The molecule has 0 fully saturated rings. The molecule has 0 atom stereocenters. The van der Waals surface area contributed by atoms with E-state index in [0.717, 1.165) is 10.2 Å². The first-order valence-electron chi connectivity index (χ1n) is 5.99. The Labute approximate surface area is 128 Å². The van der Waals surface area contributed by atoms with Gasteiger partial charge in [-0.15, -0.1) is 0 Å². The number of hydrogen-bond donors (Lipinski definition) is 1. The number of aryl methyl sites for hydroxylation is 1. The molecule has 0 aliphatic heterocycles. The summed E-state index contributed by atoms with van der Waals surface area (Å²) in [7, 11) is 0. The van der Waals surface area contributed by atoms with Crippen LogP contribution in [-0.2, 0) is 11.3 Å². The number of alkyl halides is 2. The second-order valence-electron chi connectivity index (χ2n) is 4.18. The molecule has 0 unspecified atom stereocenters. The second kappa shape index (κ2) is 6.66. The number of para-hydroxylation sites is 2. The number of rotatable bonds is 5. The van der Waals surface area contributed by atoms with E-state index in [-0.39, 0.29) is 18.0 Å². The summed E-state index contributed by atoms with van der Waals surface area (Å²) >= 11 is 3.29. The van der Waals surface area contributed by atoms with E-state index in [4.69, 9.17) is 0 Å². The number of halogens is 3. The predicted octanol–water partition coefficient (Wildman–Crippen LogP) is 3.19. The van der Waals surface area contributed by atoms with Crippen molar-refractivity contribution < 1.29 is 18.3 Å². The summed E-state index contributed by atoms with van der Waals surface area (Å²) in [6.45, 7) is -1.19. The van der Waals surface area contributed by atoms with Gasteiger partial charge in [0.1, 0.15) is 12.3 Å². The number of nitrogens with zero attached hydrogens (tertiary/aromatic N) is 2. The van der Waals surface area contributed by atoms with E-state index in [1.54, 1.807) is 25.3 Å². The fraction of sp³-hybridized carbons (Fsp3) is 0.231. The molecule has 2 rings (SSSR count). The minimum atomic E-state index is -2.95. The van der Waals surface area contributed by atoms with Crippen molar-refractivity contribution in [1.82, 2.24) is 9.78 Å². The van der Waals surface area contributed by atoms with E-state index >= 15 is 0 Å². The van der Waals surface area contributed by atoms with Gasteiger partial charge in [-0.25, -0.2) is 0 Å². The lowest BCUT2D eigenvalue weighted by atomic mass is 10.3. The number of carbonyl (C=O) groups is 1. The van der Waals surface area contributed by atoms with Crippen molar-refractivity contribution in [3.63, 3.8) is 0 Å². The summed E-state index contributed by atoms with van der Waals surface area (Å²) in [5, 5.41) is 6.64. The minimum Gasteiger partial charge on any atom is -0.433 e. The number of ether oxygens (including phenoxy) is 1. The minimum absolute atomic E-state index is 0.0323. The summed E-state index contributed by atoms with van der Waals surface area (Å²) < 4.78 is 31.1. The molecule has 5 nitrogen and oxygen atoms in total. The molecule has 0 saturated heterocycles. The van der Waals surface area contributed by atoms with Crippen LogP contribution in [0.1, 0.15) is 5.69 Å². The quantitative estimate of drug-likeness (QED) is 0.891. The smallest absolute Gasteiger partial charge is 0.387 e. The molecular weight excluding hydrogens is 348 g/mol. The van der Waals surface area contributed by atoms with Gasteiger partial charge < -0.3 is 10.1 Å². The van der Waals surface area contributed by atoms with Crippen LogP contribution < -0.4 is 10.1 Å². The van der Waals surface area contributed by atoms with E-state index in [1.807, 2.05) is 0 Å². The summed E-state index contributed by atoms with van der Waals surface area (Å²) in [5.41, 5.74) is 0.940. The van der Waals surface area contributed by atoms with Crippen LogP contribution in [0.25, 0.3) is 0 Å². The van der Waals surface area contributed by atoms with Crippen LogP contribution in [0.2, 0.25) is 0 Å². The third-order valence-electron chi connectivity index (χ3n) is 2.57. The van der Waals surface area contributed by atoms with E-state index in [1.165, 1.54) is 16.8 Å². The molecule has 112 valence electrons. The normalized spacial score (nSPS) is 10.7. The van der Waals surface area contributed by atoms with Gasteiger partial charge in [-0.3, -0.25) is 9.48 Å². The predicted molar refractivity (Wildman–Crippen MR) is 76.4 cm³/mol. The van der Waals surface area contributed by atoms with E-state index < -0.39 is 12.5 Å². The molecule has 0 aliphatic rings. The molecular formula is C13H12BrF2N3O2. The maximum atomic E-state index is 12.3. The van der Waals surface area contributed by atoms with Crippen molar-refractivity contribution in [3.05, 3.63) is 40.6 Å². The average Bonchev–Trinajstić information content (AvgIpc) is 2.70. The van der Waals surface area contributed by atoms with Gasteiger partial charge in [-0.2, -0.15) is 13.9 Å². The fourth-order valence-electron chi connectivity index (χ4n) is 1.68. The lowest BCUT2D eigenvalue weighted by Gasteiger charge is -2.11. The van der Waals surface area contributed by atoms with Crippen LogP contribution in [-0.4, -0.2) is 22.3 Å². The number of carbonyl (C=O) groups excluding carboxylic acids is 1. The molecule has 1 heterocycles. The van der Waals surface area contributed by atoms with Crippen LogP contribution in [0.4, 0.5) is 14.5 Å². The maximum Gasteiger partial charge on any atom is 0.387 e. The molecule has 0 radical (unpaired) electrons. The molecule has 21 heavy (non-hydrogen) atoms. The molecule has 1 amide bonds. The number of aromatic nitrogens is 2. The SMILES string of the molecule is Cc1nn(CC(=O)Nc2ccccc2OC(F)F)cc1Br. The Morgan fingerprint density at radius 1 is 1.48 bits per heavy atom. The Kier molecular flexibility index (Phi) is 4.89. The molecule has 0 saturated carbocycles. The monoisotopic (exact) mass is 359 g/mol. The van der Waals surface area contributed by atoms with Crippen molar-refractivity contribution >= 4 is 27.5 Å². The largest absolute Gasteiger partial charge is 0.433 e. The molecule has 1 N–H and O–H groups in total. The van der Waals surface area contributed by atoms with Gasteiger partial charge >= 0.3 is 6.61 Å². The third-order valence-corrected chi connectivity index (χ3v) is 3.35. The standard InChI is InChI=1S/C13H12BrF2N3O2/c1-8-9(14)6-19(18-8)7-12(20)17-10-4-2-3-5-11(10)21-13(15)16/h2-6,13H,7H2,1H3,(H,17,20). The van der Waals surface area contributed by atoms with Gasteiger partial charge in [-0.1, -0.05) is 12.1 Å². The molecule has 1 aromatic heterocycles. The van der Waals surface area contributed by atoms with E-state index in [9.17, 15) is 13.6 Å². The zero-order valence-electron chi connectivity index (χ0n) is 11.0. The summed E-state index contributed by atoms with van der Waals surface area (Å²) in [5.74, 6) is -0.478. The maximum absolute atomic E-state index is 12.3. The van der Waals surface area contributed by atoms with Gasteiger partial charge in [0.25, 0.3) is 0 Å². The van der Waals surface area contributed by atoms with Crippen molar-refractivity contribution in [2.45, 2.75) is 20.1 Å². The number of nitrogens with one attached hydrogen (secondary N) is 1. The highest BCUT2D eigenvalue weighted by Crippen LogP contribution is 2.25. The Morgan fingerprint density at radius 3 is 2.81 bits per heavy atom. The lowest BCUT2D eigenvalue weighted by molar-refractivity contribution is -0.117. The highest BCUT2D eigenvalue weighted by molar-refractivity contribution is 9.10. The molecule has 0 aliphatic carbocycles. The summed E-state index contributed by atoms with van der Waals surface area (Å²) in [6, 6.07) is 6.00. The number of hydrogen-bond acceptors (Lipinski definition) is 3. The van der Waals surface area contributed by atoms with Crippen molar-refractivity contribution in [3.8, 4) is 5.75 Å². The van der Waals surface area contributed by atoms with E-state index in [2.05, 4.69) is 31.1 Å². The van der Waals surface area contributed by atoms with Crippen molar-refractivity contribution in [2.75, 3.05) is 5.32 Å². The first-order chi connectivity index (χ1) is 9.95. The van der Waals surface area contributed by atoms with Gasteiger partial charge in [0.05, 0.1) is 15.9 Å². The molecule has 2 aromatic rings. The first kappa shape index (κ1) is 15.4. The lowest BCUT2D eigenvalue weighted by Crippen LogP contribution is -2.20. The zero-order chi connectivity index (χ0) is 15.4. The number of benzene rings is 1. The fourth-order valence-corrected chi connectivity index (χ4v) is 2.00. The Balaban J connectivity index is 2.05. The topological polar surface area (TPSA) is 56.2 Å². The molecule has 1 aromatic carbocycles. The van der Waals surface area contributed by atoms with Gasteiger partial charge in [-0.05, 0) is 35.0 Å². The summed E-state index contributed by atoms with van der Waals surface area (Å²) in [4.78, 5) is 11.9. The number of amides is 1. The molecule has 0 bridgehead atoms. The van der Waals surface area contributed by atoms with Crippen LogP contribution in [0.5, 0.6) is 5.75 Å².